The summed E-state index contributed by atoms with van der Waals surface area (Å²) in [5.74, 6) is -1.19. The predicted molar refractivity (Wildman–Crippen MR) is 65.2 cm³/mol. The SMILES string of the molecule is O=C(NCc1ccc(C(=O)O)cc1)C1=COCCO1. The van der Waals surface area contributed by atoms with Gasteiger partial charge in [0.05, 0.1) is 5.56 Å². The first kappa shape index (κ1) is 12.9. The van der Waals surface area contributed by atoms with E-state index in [-0.39, 0.29) is 17.2 Å². The standard InChI is InChI=1S/C13H13NO5/c15-12(11-8-18-5-6-19-11)14-7-9-1-3-10(4-2-9)13(16)17/h1-4,8H,5-7H2,(H,14,15)(H,16,17). The molecule has 0 aliphatic carbocycles. The van der Waals surface area contributed by atoms with E-state index in [1.54, 1.807) is 12.1 Å². The molecule has 6 nitrogen and oxygen atoms in total. The Kier molecular flexibility index (Phi) is 4.02. The van der Waals surface area contributed by atoms with Crippen LogP contribution in [-0.2, 0) is 20.8 Å². The van der Waals surface area contributed by atoms with Gasteiger partial charge in [0, 0.05) is 6.54 Å². The molecule has 0 spiro atoms. The van der Waals surface area contributed by atoms with E-state index < -0.39 is 5.97 Å². The number of ether oxygens (including phenoxy) is 2. The van der Waals surface area contributed by atoms with Crippen molar-refractivity contribution in [1.29, 1.82) is 0 Å². The highest BCUT2D eigenvalue weighted by atomic mass is 16.6. The van der Waals surface area contributed by atoms with Crippen LogP contribution in [0.2, 0.25) is 0 Å². The summed E-state index contributed by atoms with van der Waals surface area (Å²) in [6.45, 7) is 1.08. The average Bonchev–Trinajstić information content (AvgIpc) is 2.46. The lowest BCUT2D eigenvalue weighted by atomic mass is 10.1. The molecular formula is C13H13NO5. The third kappa shape index (κ3) is 3.48. The molecule has 0 unspecified atom stereocenters. The summed E-state index contributed by atoms with van der Waals surface area (Å²) in [7, 11) is 0. The molecule has 0 aromatic heterocycles. The maximum absolute atomic E-state index is 11.7. The fourth-order valence-electron chi connectivity index (χ4n) is 1.52. The number of hydrogen-bond donors (Lipinski definition) is 2. The van der Waals surface area contributed by atoms with Gasteiger partial charge in [-0.25, -0.2) is 4.79 Å². The lowest BCUT2D eigenvalue weighted by molar-refractivity contribution is -0.122. The van der Waals surface area contributed by atoms with Gasteiger partial charge in [-0.1, -0.05) is 12.1 Å². The summed E-state index contributed by atoms with van der Waals surface area (Å²) in [6, 6.07) is 6.28. The van der Waals surface area contributed by atoms with Crippen LogP contribution in [0.15, 0.2) is 36.3 Å². The van der Waals surface area contributed by atoms with Crippen molar-refractivity contribution in [2.24, 2.45) is 0 Å². The highest BCUT2D eigenvalue weighted by Crippen LogP contribution is 2.07. The quantitative estimate of drug-likeness (QED) is 0.842. The zero-order valence-corrected chi connectivity index (χ0v) is 10.1. The molecule has 1 aromatic rings. The predicted octanol–water partition coefficient (Wildman–Crippen LogP) is 0.889. The highest BCUT2D eigenvalue weighted by Gasteiger charge is 2.14. The number of hydrogen-bond acceptors (Lipinski definition) is 4. The number of carboxylic acid groups (broad SMARTS) is 1. The first-order chi connectivity index (χ1) is 9.16. The zero-order valence-electron chi connectivity index (χ0n) is 10.1. The third-order valence-electron chi connectivity index (χ3n) is 2.53. The molecule has 0 saturated heterocycles. The van der Waals surface area contributed by atoms with Gasteiger partial charge in [-0.05, 0) is 17.7 Å². The molecule has 1 amide bonds. The second kappa shape index (κ2) is 5.90. The monoisotopic (exact) mass is 263 g/mol. The number of aromatic carboxylic acids is 1. The molecule has 2 N–H and O–H groups in total. The molecular weight excluding hydrogens is 250 g/mol. The number of benzene rings is 1. The number of nitrogens with one attached hydrogen (secondary N) is 1. The number of carboxylic acids is 1. The van der Waals surface area contributed by atoms with E-state index in [0.717, 1.165) is 5.56 Å². The number of carbonyl (C=O) groups is 2. The Morgan fingerprint density at radius 3 is 2.53 bits per heavy atom. The van der Waals surface area contributed by atoms with Crippen LogP contribution < -0.4 is 5.32 Å². The van der Waals surface area contributed by atoms with E-state index in [1.165, 1.54) is 18.4 Å². The highest BCUT2D eigenvalue weighted by molar-refractivity contribution is 5.91. The molecule has 1 aliphatic rings. The number of amides is 1. The lowest BCUT2D eigenvalue weighted by Crippen LogP contribution is -2.28. The molecule has 0 saturated carbocycles. The molecule has 0 radical (unpaired) electrons. The Bertz CT molecular complexity index is 506. The Morgan fingerprint density at radius 1 is 1.21 bits per heavy atom. The number of carbonyl (C=O) groups excluding carboxylic acids is 1. The minimum absolute atomic E-state index is 0.147. The van der Waals surface area contributed by atoms with Crippen molar-refractivity contribution in [3.8, 4) is 0 Å². The molecule has 19 heavy (non-hydrogen) atoms. The molecule has 2 rings (SSSR count). The Hall–Kier alpha value is -2.50. The van der Waals surface area contributed by atoms with Gasteiger partial charge in [0.2, 0.25) is 5.76 Å². The Morgan fingerprint density at radius 2 is 1.95 bits per heavy atom. The van der Waals surface area contributed by atoms with Crippen LogP contribution in [0.1, 0.15) is 15.9 Å². The van der Waals surface area contributed by atoms with E-state index in [4.69, 9.17) is 14.6 Å². The van der Waals surface area contributed by atoms with Crippen molar-refractivity contribution < 1.29 is 24.2 Å². The second-order valence-corrected chi connectivity index (χ2v) is 3.89. The molecule has 0 atom stereocenters. The molecule has 1 aromatic carbocycles. The first-order valence-corrected chi connectivity index (χ1v) is 5.72. The van der Waals surface area contributed by atoms with Gasteiger partial charge < -0.3 is 19.9 Å². The first-order valence-electron chi connectivity index (χ1n) is 5.72. The topological polar surface area (TPSA) is 84.9 Å². The molecule has 0 bridgehead atoms. The normalized spacial score (nSPS) is 13.8. The smallest absolute Gasteiger partial charge is 0.335 e. The largest absolute Gasteiger partial charge is 0.494 e. The van der Waals surface area contributed by atoms with E-state index in [9.17, 15) is 9.59 Å². The van der Waals surface area contributed by atoms with Crippen LogP contribution in [0, 0.1) is 0 Å². The van der Waals surface area contributed by atoms with Crippen LogP contribution in [-0.4, -0.2) is 30.2 Å². The summed E-state index contributed by atoms with van der Waals surface area (Å²) in [4.78, 5) is 22.3. The minimum atomic E-state index is -0.978. The van der Waals surface area contributed by atoms with Crippen molar-refractivity contribution in [2.45, 2.75) is 6.54 Å². The fourth-order valence-corrected chi connectivity index (χ4v) is 1.52. The summed E-state index contributed by atoms with van der Waals surface area (Å²) in [5.41, 5.74) is 1.01. The molecule has 0 fully saturated rings. The van der Waals surface area contributed by atoms with Gasteiger partial charge in [0.1, 0.15) is 19.5 Å². The zero-order chi connectivity index (χ0) is 13.7. The van der Waals surface area contributed by atoms with Crippen LogP contribution in [0.3, 0.4) is 0 Å². The van der Waals surface area contributed by atoms with Crippen LogP contribution >= 0.6 is 0 Å². The van der Waals surface area contributed by atoms with Crippen molar-refractivity contribution >= 4 is 11.9 Å². The van der Waals surface area contributed by atoms with Gasteiger partial charge in [-0.15, -0.1) is 0 Å². The second-order valence-electron chi connectivity index (χ2n) is 3.89. The Labute approximate surface area is 109 Å². The molecule has 100 valence electrons. The van der Waals surface area contributed by atoms with Crippen molar-refractivity contribution in [3.05, 3.63) is 47.4 Å². The van der Waals surface area contributed by atoms with Crippen LogP contribution in [0.4, 0.5) is 0 Å². The number of rotatable bonds is 4. The molecule has 1 heterocycles. The van der Waals surface area contributed by atoms with Gasteiger partial charge in [-0.2, -0.15) is 0 Å². The maximum atomic E-state index is 11.7. The summed E-state index contributed by atoms with van der Waals surface area (Å²) < 4.78 is 10.1. The third-order valence-corrected chi connectivity index (χ3v) is 2.53. The van der Waals surface area contributed by atoms with Gasteiger partial charge >= 0.3 is 5.97 Å². The maximum Gasteiger partial charge on any atom is 0.335 e. The summed E-state index contributed by atoms with van der Waals surface area (Å²) in [5, 5.41) is 11.4. The van der Waals surface area contributed by atoms with Crippen LogP contribution in [0.5, 0.6) is 0 Å². The lowest BCUT2D eigenvalue weighted by Gasteiger charge is -2.15. The van der Waals surface area contributed by atoms with Gasteiger partial charge in [-0.3, -0.25) is 4.79 Å². The Balaban J connectivity index is 1.89. The molecule has 6 heteroatoms. The molecule has 1 aliphatic heterocycles. The summed E-state index contributed by atoms with van der Waals surface area (Å²) >= 11 is 0. The fraction of sp³-hybridized carbons (Fsp3) is 0.231. The van der Waals surface area contributed by atoms with Crippen molar-refractivity contribution in [1.82, 2.24) is 5.32 Å². The van der Waals surface area contributed by atoms with E-state index >= 15 is 0 Å². The minimum Gasteiger partial charge on any atom is -0.494 e. The van der Waals surface area contributed by atoms with E-state index in [1.807, 2.05) is 0 Å². The van der Waals surface area contributed by atoms with E-state index in [0.29, 0.717) is 19.8 Å². The van der Waals surface area contributed by atoms with Gasteiger partial charge in [0.25, 0.3) is 5.91 Å². The van der Waals surface area contributed by atoms with Crippen molar-refractivity contribution in [2.75, 3.05) is 13.2 Å². The van der Waals surface area contributed by atoms with Crippen LogP contribution in [0.25, 0.3) is 0 Å². The average molecular weight is 263 g/mol. The summed E-state index contributed by atoms with van der Waals surface area (Å²) in [6.07, 6.45) is 1.28. The van der Waals surface area contributed by atoms with Crippen molar-refractivity contribution in [3.63, 3.8) is 0 Å². The van der Waals surface area contributed by atoms with Gasteiger partial charge in [0.15, 0.2) is 0 Å². The van der Waals surface area contributed by atoms with E-state index in [2.05, 4.69) is 5.32 Å².